The topological polar surface area (TPSA) is 8.17 Å². The fraction of sp³-hybridized carbons (Fsp3) is 0. The van der Waals surface area contributed by atoms with Gasteiger partial charge in [0, 0.05) is 43.2 Å². The van der Waals surface area contributed by atoms with E-state index in [0.29, 0.717) is 0 Å². The molecule has 7 aromatic carbocycles. The predicted molar refractivity (Wildman–Crippen MR) is 194 cm³/mol. The maximum Gasteiger partial charge on any atom is 0.0640 e. The van der Waals surface area contributed by atoms with Crippen LogP contribution >= 0.6 is 11.3 Å². The highest BCUT2D eigenvalue weighted by atomic mass is 32.1. The van der Waals surface area contributed by atoms with Crippen LogP contribution in [-0.4, -0.2) is 4.57 Å². The van der Waals surface area contributed by atoms with Crippen molar-refractivity contribution in [1.82, 2.24) is 4.57 Å². The lowest BCUT2D eigenvalue weighted by Gasteiger charge is -2.29. The monoisotopic (exact) mass is 592 g/mol. The second-order valence-corrected chi connectivity index (χ2v) is 12.4. The number of para-hydroxylation sites is 3. The van der Waals surface area contributed by atoms with Gasteiger partial charge in [0.1, 0.15) is 0 Å². The third-order valence-electron chi connectivity index (χ3n) is 8.77. The van der Waals surface area contributed by atoms with E-state index in [4.69, 9.17) is 0 Å². The quantitative estimate of drug-likeness (QED) is 0.193. The molecular weight excluding hydrogens is 565 g/mol. The number of rotatable bonds is 5. The highest BCUT2D eigenvalue weighted by Gasteiger charge is 2.23. The van der Waals surface area contributed by atoms with Gasteiger partial charge in [-0.25, -0.2) is 0 Å². The summed E-state index contributed by atoms with van der Waals surface area (Å²) in [4.78, 5) is 2.47. The Balaban J connectivity index is 1.42. The maximum absolute atomic E-state index is 2.47. The molecule has 0 aliphatic carbocycles. The fourth-order valence-electron chi connectivity index (χ4n) is 6.79. The molecule has 0 spiro atoms. The van der Waals surface area contributed by atoms with Crippen LogP contribution in [0.5, 0.6) is 0 Å². The summed E-state index contributed by atoms with van der Waals surface area (Å²) in [5.74, 6) is 0. The largest absolute Gasteiger partial charge is 0.309 e. The molecule has 0 unspecified atom stereocenters. The van der Waals surface area contributed by atoms with Crippen molar-refractivity contribution in [3.8, 4) is 16.8 Å². The van der Waals surface area contributed by atoms with Crippen molar-refractivity contribution in [2.75, 3.05) is 4.90 Å². The van der Waals surface area contributed by atoms with Crippen LogP contribution in [-0.2, 0) is 0 Å². The Morgan fingerprint density at radius 1 is 0.444 bits per heavy atom. The first-order valence-corrected chi connectivity index (χ1v) is 16.1. The third kappa shape index (κ3) is 4.16. The lowest BCUT2D eigenvalue weighted by molar-refractivity contribution is 1.18. The molecule has 9 aromatic rings. The zero-order chi connectivity index (χ0) is 29.7. The number of aromatic nitrogens is 1. The molecule has 0 N–H and O–H groups in total. The van der Waals surface area contributed by atoms with Crippen LogP contribution in [0.25, 0.3) is 58.8 Å². The van der Waals surface area contributed by atoms with Gasteiger partial charge in [-0.05, 0) is 60.2 Å². The summed E-state index contributed by atoms with van der Waals surface area (Å²) in [7, 11) is 0. The third-order valence-corrected chi connectivity index (χ3v) is 9.98. The van der Waals surface area contributed by atoms with Crippen LogP contribution < -0.4 is 4.90 Å². The number of fused-ring (bicyclic) bond motifs is 6. The van der Waals surface area contributed by atoms with E-state index in [1.54, 1.807) is 0 Å². The van der Waals surface area contributed by atoms with E-state index in [2.05, 4.69) is 179 Å². The van der Waals surface area contributed by atoms with Gasteiger partial charge in [0.25, 0.3) is 0 Å². The lowest BCUT2D eigenvalue weighted by atomic mass is 9.99. The molecular formula is C42H28N2S. The van der Waals surface area contributed by atoms with Gasteiger partial charge >= 0.3 is 0 Å². The molecule has 2 nitrogen and oxygen atoms in total. The minimum atomic E-state index is 1.13. The Hall–Kier alpha value is -5.64. The van der Waals surface area contributed by atoms with E-state index in [1.165, 1.54) is 58.8 Å². The van der Waals surface area contributed by atoms with Crippen LogP contribution in [0, 0.1) is 0 Å². The summed E-state index contributed by atoms with van der Waals surface area (Å²) < 4.78 is 4.99. The van der Waals surface area contributed by atoms with E-state index in [-0.39, 0.29) is 0 Å². The van der Waals surface area contributed by atoms with Gasteiger partial charge in [-0.2, -0.15) is 0 Å². The van der Waals surface area contributed by atoms with Gasteiger partial charge in [0.2, 0.25) is 0 Å². The molecule has 2 heterocycles. The molecule has 0 radical (unpaired) electrons. The molecule has 0 saturated carbocycles. The number of thiophene rings is 1. The van der Waals surface area contributed by atoms with Crippen molar-refractivity contribution in [3.63, 3.8) is 0 Å². The van der Waals surface area contributed by atoms with Crippen LogP contribution in [0.15, 0.2) is 170 Å². The number of nitrogens with zero attached hydrogens (tertiary/aromatic N) is 2. The van der Waals surface area contributed by atoms with E-state index >= 15 is 0 Å². The molecule has 3 heteroatoms. The Kier molecular flexibility index (Phi) is 6.03. The van der Waals surface area contributed by atoms with Crippen LogP contribution in [0.1, 0.15) is 0 Å². The first kappa shape index (κ1) is 25.8. The van der Waals surface area contributed by atoms with Gasteiger partial charge in [0.15, 0.2) is 0 Å². The van der Waals surface area contributed by atoms with Crippen LogP contribution in [0.3, 0.4) is 0 Å². The molecule has 9 rings (SSSR count). The Bertz CT molecular complexity index is 2470. The minimum absolute atomic E-state index is 1.13. The minimum Gasteiger partial charge on any atom is -0.309 e. The number of hydrogen-bond acceptors (Lipinski definition) is 2. The maximum atomic E-state index is 2.47. The van der Waals surface area contributed by atoms with Gasteiger partial charge in [-0.3, -0.25) is 0 Å². The Morgan fingerprint density at radius 2 is 1.09 bits per heavy atom. The second-order valence-electron chi connectivity index (χ2n) is 11.4. The molecule has 0 atom stereocenters. The van der Waals surface area contributed by atoms with Gasteiger partial charge < -0.3 is 9.47 Å². The first-order valence-electron chi connectivity index (χ1n) is 15.3. The molecule has 0 fully saturated rings. The van der Waals surface area contributed by atoms with E-state index in [0.717, 1.165) is 17.1 Å². The van der Waals surface area contributed by atoms with Crippen molar-refractivity contribution in [2.24, 2.45) is 0 Å². The van der Waals surface area contributed by atoms with Crippen molar-refractivity contribution in [3.05, 3.63) is 170 Å². The SMILES string of the molecule is c1ccc(-c2cc3c(cc2N(c2ccccc2)c2cccc4c2sc2ccccc24)c2ccccc2n3-c2ccccc2)cc1. The first-order chi connectivity index (χ1) is 22.3. The van der Waals surface area contributed by atoms with Crippen molar-refractivity contribution in [2.45, 2.75) is 0 Å². The van der Waals surface area contributed by atoms with Gasteiger partial charge in [-0.15, -0.1) is 11.3 Å². The average molecular weight is 593 g/mol. The molecule has 0 amide bonds. The molecule has 0 bridgehead atoms. The molecule has 0 saturated heterocycles. The van der Waals surface area contributed by atoms with Crippen LogP contribution in [0.2, 0.25) is 0 Å². The fourth-order valence-corrected chi connectivity index (χ4v) is 7.99. The Labute approximate surface area is 265 Å². The van der Waals surface area contributed by atoms with E-state index in [1.807, 2.05) is 11.3 Å². The lowest BCUT2D eigenvalue weighted by Crippen LogP contribution is -2.11. The molecule has 0 aliphatic rings. The zero-order valence-electron chi connectivity index (χ0n) is 24.5. The highest BCUT2D eigenvalue weighted by Crippen LogP contribution is 2.49. The second kappa shape index (κ2) is 10.5. The molecule has 212 valence electrons. The number of anilines is 3. The van der Waals surface area contributed by atoms with Crippen LogP contribution in [0.4, 0.5) is 17.1 Å². The summed E-state index contributed by atoms with van der Waals surface area (Å²) >= 11 is 1.87. The summed E-state index contributed by atoms with van der Waals surface area (Å²) in [6, 6.07) is 61.4. The summed E-state index contributed by atoms with van der Waals surface area (Å²) in [6.45, 7) is 0. The highest BCUT2D eigenvalue weighted by molar-refractivity contribution is 7.26. The summed E-state index contributed by atoms with van der Waals surface area (Å²) in [6.07, 6.45) is 0. The average Bonchev–Trinajstić information content (AvgIpc) is 3.65. The normalized spacial score (nSPS) is 11.6. The van der Waals surface area contributed by atoms with E-state index < -0.39 is 0 Å². The van der Waals surface area contributed by atoms with Gasteiger partial charge in [-0.1, -0.05) is 115 Å². The summed E-state index contributed by atoms with van der Waals surface area (Å²) in [5, 5.41) is 5.06. The predicted octanol–water partition coefficient (Wildman–Crippen LogP) is 12.3. The smallest absolute Gasteiger partial charge is 0.0640 e. The standard InChI is InChI=1S/C42H28N2S/c1-4-15-29(16-5-1)35-27-40-36(32-21-10-12-24-37(32)43(40)30-17-6-2-7-18-30)28-39(35)44(31-19-8-3-9-20-31)38-25-14-23-34-33-22-11-13-26-41(33)45-42(34)38/h1-28H. The molecule has 45 heavy (non-hydrogen) atoms. The molecule has 0 aliphatic heterocycles. The van der Waals surface area contributed by atoms with Crippen molar-refractivity contribution < 1.29 is 0 Å². The zero-order valence-corrected chi connectivity index (χ0v) is 25.3. The van der Waals surface area contributed by atoms with Crippen molar-refractivity contribution >= 4 is 70.4 Å². The van der Waals surface area contributed by atoms with E-state index in [9.17, 15) is 0 Å². The summed E-state index contributed by atoms with van der Waals surface area (Å²) in [5.41, 5.74) is 9.39. The molecule has 2 aromatic heterocycles. The number of benzene rings is 7. The Morgan fingerprint density at radius 3 is 1.89 bits per heavy atom. The number of hydrogen-bond donors (Lipinski definition) is 0. The van der Waals surface area contributed by atoms with Crippen molar-refractivity contribution in [1.29, 1.82) is 0 Å². The van der Waals surface area contributed by atoms with Gasteiger partial charge in [0.05, 0.1) is 27.1 Å².